The molecule has 1 heterocycles. The van der Waals surface area contributed by atoms with E-state index in [-0.39, 0.29) is 28.1 Å². The topological polar surface area (TPSA) is 61.9 Å². The molecule has 150 valence electrons. The summed E-state index contributed by atoms with van der Waals surface area (Å²) in [6, 6.07) is 7.73. The third-order valence-electron chi connectivity index (χ3n) is 4.41. The van der Waals surface area contributed by atoms with Gasteiger partial charge in [0.1, 0.15) is 11.1 Å². The lowest BCUT2D eigenvalue weighted by Crippen LogP contribution is -2.50. The molecule has 1 aliphatic rings. The molecular formula is C20H31N3O3S. The number of benzene rings is 1. The fourth-order valence-electron chi connectivity index (χ4n) is 2.96. The number of hydrogen-bond donors (Lipinski definition) is 1. The van der Waals surface area contributed by atoms with Crippen molar-refractivity contribution < 1.29 is 14.3 Å². The molecule has 1 saturated heterocycles. The molecule has 3 amide bonds. The first kappa shape index (κ1) is 21.4. The number of methoxy groups -OCH3 is 1. The molecule has 1 N–H and O–H groups in total. The van der Waals surface area contributed by atoms with Crippen molar-refractivity contribution in [3.05, 3.63) is 29.8 Å². The molecule has 0 aliphatic carbocycles. The number of likely N-dealkylation sites (N-methyl/N-ethyl adjacent to an activating group) is 1. The number of carbonyl (C=O) groups excluding carboxylic acids is 2. The van der Waals surface area contributed by atoms with Crippen LogP contribution in [0.25, 0.3) is 0 Å². The Morgan fingerprint density at radius 3 is 2.44 bits per heavy atom. The van der Waals surface area contributed by atoms with Crippen LogP contribution in [0.3, 0.4) is 0 Å². The van der Waals surface area contributed by atoms with Gasteiger partial charge in [0.15, 0.2) is 0 Å². The number of hydrogen-bond acceptors (Lipinski definition) is 4. The highest BCUT2D eigenvalue weighted by Gasteiger charge is 2.38. The van der Waals surface area contributed by atoms with E-state index in [2.05, 4.69) is 5.32 Å². The van der Waals surface area contributed by atoms with Gasteiger partial charge in [-0.1, -0.05) is 12.1 Å². The number of thioether (sulfide) groups is 1. The van der Waals surface area contributed by atoms with Gasteiger partial charge >= 0.3 is 6.03 Å². The lowest BCUT2D eigenvalue weighted by Gasteiger charge is -2.30. The van der Waals surface area contributed by atoms with Gasteiger partial charge < -0.3 is 19.9 Å². The molecule has 0 aromatic heterocycles. The van der Waals surface area contributed by atoms with Crippen LogP contribution in [0.4, 0.5) is 4.79 Å². The number of nitrogens with zero attached hydrogens (tertiary/aromatic N) is 2. The Bertz CT molecular complexity index is 657. The van der Waals surface area contributed by atoms with Crippen molar-refractivity contribution in [1.29, 1.82) is 0 Å². The van der Waals surface area contributed by atoms with Crippen molar-refractivity contribution in [2.75, 3.05) is 26.7 Å². The molecule has 1 aromatic rings. The van der Waals surface area contributed by atoms with E-state index in [1.165, 1.54) is 0 Å². The maximum Gasteiger partial charge on any atom is 0.317 e. The monoisotopic (exact) mass is 393 g/mol. The number of carbonyl (C=O) groups is 2. The van der Waals surface area contributed by atoms with Crippen molar-refractivity contribution in [1.82, 2.24) is 15.1 Å². The smallest absolute Gasteiger partial charge is 0.317 e. The zero-order valence-corrected chi connectivity index (χ0v) is 17.9. The van der Waals surface area contributed by atoms with Crippen LogP contribution in [-0.4, -0.2) is 59.3 Å². The van der Waals surface area contributed by atoms with E-state index in [1.807, 2.05) is 63.8 Å². The van der Waals surface area contributed by atoms with Gasteiger partial charge in [0.2, 0.25) is 5.91 Å². The third kappa shape index (κ3) is 5.54. The minimum atomic E-state index is -0.288. The molecule has 0 bridgehead atoms. The second-order valence-electron chi connectivity index (χ2n) is 7.70. The van der Waals surface area contributed by atoms with E-state index < -0.39 is 0 Å². The van der Waals surface area contributed by atoms with Gasteiger partial charge in [-0.3, -0.25) is 4.79 Å². The minimum absolute atomic E-state index is 0.0391. The fourth-order valence-corrected chi connectivity index (χ4v) is 4.27. The highest BCUT2D eigenvalue weighted by atomic mass is 32.2. The molecule has 1 aliphatic heterocycles. The molecular weight excluding hydrogens is 362 g/mol. The molecule has 2 atom stereocenters. The van der Waals surface area contributed by atoms with Gasteiger partial charge in [0.25, 0.3) is 0 Å². The number of ether oxygens (including phenoxy) is 1. The summed E-state index contributed by atoms with van der Waals surface area (Å²) in [5.74, 6) is 0.914. The largest absolute Gasteiger partial charge is 0.497 e. The van der Waals surface area contributed by atoms with Crippen molar-refractivity contribution in [2.45, 2.75) is 50.8 Å². The number of rotatable bonds is 6. The summed E-state index contributed by atoms with van der Waals surface area (Å²) >= 11 is 1.64. The molecule has 0 spiro atoms. The first-order valence-corrected chi connectivity index (χ1v) is 10.3. The second-order valence-corrected chi connectivity index (χ2v) is 9.12. The summed E-state index contributed by atoms with van der Waals surface area (Å²) in [4.78, 5) is 28.8. The Morgan fingerprint density at radius 1 is 1.30 bits per heavy atom. The summed E-state index contributed by atoms with van der Waals surface area (Å²) < 4.78 is 5.22. The Labute approximate surface area is 166 Å². The molecule has 7 heteroatoms. The van der Waals surface area contributed by atoms with E-state index in [9.17, 15) is 9.59 Å². The minimum Gasteiger partial charge on any atom is -0.497 e. The van der Waals surface area contributed by atoms with Crippen molar-refractivity contribution >= 4 is 23.7 Å². The molecule has 1 aromatic carbocycles. The second kappa shape index (κ2) is 8.87. The Balaban J connectivity index is 2.08. The Morgan fingerprint density at radius 2 is 1.93 bits per heavy atom. The van der Waals surface area contributed by atoms with Gasteiger partial charge in [-0.15, -0.1) is 11.8 Å². The molecule has 2 rings (SSSR count). The predicted molar refractivity (Wildman–Crippen MR) is 110 cm³/mol. The first-order chi connectivity index (χ1) is 12.7. The van der Waals surface area contributed by atoms with Crippen LogP contribution in [0.2, 0.25) is 0 Å². The summed E-state index contributed by atoms with van der Waals surface area (Å²) in [7, 11) is 1.64. The van der Waals surface area contributed by atoms with Crippen molar-refractivity contribution in [2.24, 2.45) is 0 Å². The molecule has 1 fully saturated rings. The molecule has 0 radical (unpaired) electrons. The quantitative estimate of drug-likeness (QED) is 0.804. The maximum absolute atomic E-state index is 12.7. The molecule has 27 heavy (non-hydrogen) atoms. The van der Waals surface area contributed by atoms with E-state index in [4.69, 9.17) is 4.74 Å². The highest BCUT2D eigenvalue weighted by Crippen LogP contribution is 2.42. The van der Waals surface area contributed by atoms with Crippen LogP contribution in [0.5, 0.6) is 5.75 Å². The third-order valence-corrected chi connectivity index (χ3v) is 5.80. The van der Waals surface area contributed by atoms with E-state index >= 15 is 0 Å². The van der Waals surface area contributed by atoms with Crippen LogP contribution in [0.1, 0.15) is 45.6 Å². The van der Waals surface area contributed by atoms with Gasteiger partial charge in [0, 0.05) is 25.2 Å². The normalized spacial score (nSPS) is 19.9. The number of urea groups is 1. The average molecular weight is 394 g/mol. The molecule has 0 saturated carbocycles. The number of amides is 3. The lowest BCUT2D eigenvalue weighted by atomic mass is 10.1. The van der Waals surface area contributed by atoms with Gasteiger partial charge in [-0.2, -0.15) is 0 Å². The predicted octanol–water partition coefficient (Wildman–Crippen LogP) is 3.49. The van der Waals surface area contributed by atoms with Crippen LogP contribution < -0.4 is 10.1 Å². The zero-order valence-electron chi connectivity index (χ0n) is 17.1. The van der Waals surface area contributed by atoms with E-state index in [0.29, 0.717) is 19.6 Å². The lowest BCUT2D eigenvalue weighted by molar-refractivity contribution is -0.129. The summed E-state index contributed by atoms with van der Waals surface area (Å²) in [5, 5.41) is 2.86. The first-order valence-electron chi connectivity index (χ1n) is 9.33. The van der Waals surface area contributed by atoms with Crippen molar-refractivity contribution in [3.8, 4) is 5.75 Å². The Kier molecular flexibility index (Phi) is 7.03. The summed E-state index contributed by atoms with van der Waals surface area (Å²) in [6.07, 6.45) is 0. The standard InChI is InChI=1S/C20H31N3O3S/c1-7-22(19(25)21-20(3,4)5)12-13-23-17(24)14(2)27-18(23)15-8-10-16(26-6)11-9-15/h8-11,14,18H,7,12-13H2,1-6H3,(H,21,25)/t14-,18-/m1/s1. The fraction of sp³-hybridized carbons (Fsp3) is 0.600. The van der Waals surface area contributed by atoms with Crippen LogP contribution in [-0.2, 0) is 4.79 Å². The van der Waals surface area contributed by atoms with Crippen LogP contribution >= 0.6 is 11.8 Å². The summed E-state index contributed by atoms with van der Waals surface area (Å²) in [5.41, 5.74) is 0.782. The Hall–Kier alpha value is -1.89. The number of nitrogens with one attached hydrogen (secondary N) is 1. The average Bonchev–Trinajstić information content (AvgIpc) is 2.89. The maximum atomic E-state index is 12.7. The van der Waals surface area contributed by atoms with Crippen LogP contribution in [0, 0.1) is 0 Å². The molecule has 0 unspecified atom stereocenters. The van der Waals surface area contributed by atoms with Gasteiger partial charge in [-0.25, -0.2) is 4.79 Å². The van der Waals surface area contributed by atoms with Gasteiger partial charge in [-0.05, 0) is 52.3 Å². The van der Waals surface area contributed by atoms with Crippen LogP contribution in [0.15, 0.2) is 24.3 Å². The van der Waals surface area contributed by atoms with Crippen molar-refractivity contribution in [3.63, 3.8) is 0 Å². The van der Waals surface area contributed by atoms with E-state index in [0.717, 1.165) is 11.3 Å². The van der Waals surface area contributed by atoms with E-state index in [1.54, 1.807) is 23.8 Å². The zero-order chi connectivity index (χ0) is 20.2. The highest BCUT2D eigenvalue weighted by molar-refractivity contribution is 8.01. The summed E-state index contributed by atoms with van der Waals surface area (Å²) in [6.45, 7) is 11.4. The van der Waals surface area contributed by atoms with Gasteiger partial charge in [0.05, 0.1) is 12.4 Å². The SMILES string of the molecule is CCN(CCN1C(=O)[C@@H](C)S[C@@H]1c1ccc(OC)cc1)C(=O)NC(C)(C)C. The molecule has 6 nitrogen and oxygen atoms in total.